The minimum absolute atomic E-state index is 0.0725. The molecule has 0 aliphatic rings. The highest BCUT2D eigenvalue weighted by atomic mass is 16.2. The minimum Gasteiger partial charge on any atom is -0.356 e. The second-order valence-corrected chi connectivity index (χ2v) is 8.04. The van der Waals surface area contributed by atoms with Crippen LogP contribution in [0, 0.1) is 16.2 Å². The van der Waals surface area contributed by atoms with Crippen LogP contribution in [0.1, 0.15) is 54.9 Å². The number of amides is 1. The van der Waals surface area contributed by atoms with Crippen LogP contribution in [0.5, 0.6) is 0 Å². The molecule has 0 saturated carbocycles. The average Bonchev–Trinajstić information content (AvgIpc) is 2.19. The molecule has 114 valence electrons. The van der Waals surface area contributed by atoms with E-state index in [4.69, 9.17) is 0 Å². The maximum Gasteiger partial charge on any atom is 0.226 e. The molecular weight excluding hydrogens is 236 g/mol. The van der Waals surface area contributed by atoms with E-state index in [1.807, 2.05) is 0 Å². The van der Waals surface area contributed by atoms with Gasteiger partial charge in [-0.05, 0) is 44.8 Å². The van der Waals surface area contributed by atoms with Gasteiger partial charge in [-0.2, -0.15) is 0 Å². The van der Waals surface area contributed by atoms with Crippen LogP contribution in [-0.2, 0) is 4.79 Å². The van der Waals surface area contributed by atoms with Gasteiger partial charge in [0.05, 0.1) is 5.41 Å². The van der Waals surface area contributed by atoms with Crippen molar-refractivity contribution >= 4 is 5.91 Å². The molecule has 0 spiro atoms. The maximum atomic E-state index is 12.7. The lowest BCUT2D eigenvalue weighted by atomic mass is 9.54. The molecule has 3 heteroatoms. The van der Waals surface area contributed by atoms with Crippen LogP contribution in [-0.4, -0.2) is 38.0 Å². The third kappa shape index (κ3) is 4.48. The van der Waals surface area contributed by atoms with E-state index in [-0.39, 0.29) is 16.7 Å². The van der Waals surface area contributed by atoms with Crippen molar-refractivity contribution in [3.63, 3.8) is 0 Å². The SMILES string of the molecule is CN(C)CCCNC(=O)C(C)(C(C)(C)C)C(C)(C)C. The van der Waals surface area contributed by atoms with Crippen molar-refractivity contribution in [2.24, 2.45) is 16.2 Å². The third-order valence-electron chi connectivity index (χ3n) is 4.52. The number of rotatable bonds is 5. The molecule has 0 atom stereocenters. The monoisotopic (exact) mass is 270 g/mol. The van der Waals surface area contributed by atoms with Crippen LogP contribution in [0.25, 0.3) is 0 Å². The summed E-state index contributed by atoms with van der Waals surface area (Å²) in [6, 6.07) is 0. The molecule has 0 heterocycles. The largest absolute Gasteiger partial charge is 0.356 e. The first-order valence-corrected chi connectivity index (χ1v) is 7.27. The molecule has 0 aromatic heterocycles. The van der Waals surface area contributed by atoms with Crippen LogP contribution in [0.4, 0.5) is 0 Å². The summed E-state index contributed by atoms with van der Waals surface area (Å²) in [6.45, 7) is 16.7. The first-order valence-electron chi connectivity index (χ1n) is 7.27. The van der Waals surface area contributed by atoms with Gasteiger partial charge in [0.25, 0.3) is 0 Å². The molecule has 0 unspecified atom stereocenters. The fourth-order valence-electron chi connectivity index (χ4n) is 2.58. The topological polar surface area (TPSA) is 32.3 Å². The predicted octanol–water partition coefficient (Wildman–Crippen LogP) is 3.15. The Hall–Kier alpha value is -0.570. The van der Waals surface area contributed by atoms with E-state index in [1.165, 1.54) is 0 Å². The summed E-state index contributed by atoms with van der Waals surface area (Å²) in [7, 11) is 4.10. The first-order chi connectivity index (χ1) is 8.34. The number of hydrogen-bond acceptors (Lipinski definition) is 2. The molecule has 0 bridgehead atoms. The van der Waals surface area contributed by atoms with Crippen molar-refractivity contribution in [2.45, 2.75) is 54.9 Å². The van der Waals surface area contributed by atoms with Crippen LogP contribution in [0.3, 0.4) is 0 Å². The van der Waals surface area contributed by atoms with Crippen molar-refractivity contribution in [1.29, 1.82) is 0 Å². The van der Waals surface area contributed by atoms with Gasteiger partial charge >= 0.3 is 0 Å². The van der Waals surface area contributed by atoms with E-state index in [9.17, 15) is 4.79 Å². The zero-order valence-corrected chi connectivity index (χ0v) is 14.5. The van der Waals surface area contributed by atoms with Crippen molar-refractivity contribution in [2.75, 3.05) is 27.2 Å². The van der Waals surface area contributed by atoms with Gasteiger partial charge in [0, 0.05) is 6.54 Å². The van der Waals surface area contributed by atoms with Crippen molar-refractivity contribution in [3.05, 3.63) is 0 Å². The fourth-order valence-corrected chi connectivity index (χ4v) is 2.58. The number of hydrogen-bond donors (Lipinski definition) is 1. The van der Waals surface area contributed by atoms with Gasteiger partial charge < -0.3 is 10.2 Å². The highest BCUT2D eigenvalue weighted by molar-refractivity contribution is 5.83. The van der Waals surface area contributed by atoms with Crippen LogP contribution in [0.2, 0.25) is 0 Å². The summed E-state index contributed by atoms with van der Waals surface area (Å²) in [5.74, 6) is 0.172. The molecule has 1 amide bonds. The minimum atomic E-state index is -0.391. The predicted molar refractivity (Wildman–Crippen MR) is 83.2 cm³/mol. The van der Waals surface area contributed by atoms with Gasteiger partial charge in [-0.3, -0.25) is 4.79 Å². The van der Waals surface area contributed by atoms with Crippen molar-refractivity contribution in [3.8, 4) is 0 Å². The van der Waals surface area contributed by atoms with Gasteiger partial charge in [0.2, 0.25) is 5.91 Å². The molecule has 19 heavy (non-hydrogen) atoms. The molecule has 0 aliphatic carbocycles. The maximum absolute atomic E-state index is 12.7. The molecule has 3 nitrogen and oxygen atoms in total. The van der Waals surface area contributed by atoms with Crippen LogP contribution in [0.15, 0.2) is 0 Å². The molecule has 0 radical (unpaired) electrons. The highest BCUT2D eigenvalue weighted by Gasteiger charge is 2.52. The molecule has 1 N–H and O–H groups in total. The summed E-state index contributed by atoms with van der Waals surface area (Å²) in [5, 5.41) is 3.13. The van der Waals surface area contributed by atoms with E-state index >= 15 is 0 Å². The van der Waals surface area contributed by atoms with Crippen molar-refractivity contribution < 1.29 is 4.79 Å². The van der Waals surface area contributed by atoms with Gasteiger partial charge in [0.1, 0.15) is 0 Å². The smallest absolute Gasteiger partial charge is 0.226 e. The lowest BCUT2D eigenvalue weighted by molar-refractivity contribution is -0.146. The summed E-state index contributed by atoms with van der Waals surface area (Å²) in [5.41, 5.74) is -0.536. The van der Waals surface area contributed by atoms with E-state index in [0.717, 1.165) is 19.5 Å². The Morgan fingerprint density at radius 1 is 0.947 bits per heavy atom. The second kappa shape index (κ2) is 6.25. The lowest BCUT2D eigenvalue weighted by Crippen LogP contribution is -2.54. The Morgan fingerprint density at radius 3 is 1.68 bits per heavy atom. The summed E-state index contributed by atoms with van der Waals surface area (Å²) in [4.78, 5) is 14.8. The molecular formula is C16H34N2O. The molecule has 0 fully saturated rings. The first kappa shape index (κ1) is 18.4. The zero-order valence-electron chi connectivity index (χ0n) is 14.5. The van der Waals surface area contributed by atoms with Gasteiger partial charge in [0.15, 0.2) is 0 Å². The van der Waals surface area contributed by atoms with Gasteiger partial charge in [-0.1, -0.05) is 41.5 Å². The van der Waals surface area contributed by atoms with E-state index in [2.05, 4.69) is 72.8 Å². The number of nitrogens with one attached hydrogen (secondary N) is 1. The van der Waals surface area contributed by atoms with Gasteiger partial charge in [-0.15, -0.1) is 0 Å². The molecule has 0 rings (SSSR count). The third-order valence-corrected chi connectivity index (χ3v) is 4.52. The van der Waals surface area contributed by atoms with E-state index in [0.29, 0.717) is 0 Å². The summed E-state index contributed by atoms with van der Waals surface area (Å²) >= 11 is 0. The summed E-state index contributed by atoms with van der Waals surface area (Å²) < 4.78 is 0. The molecule has 0 aliphatic heterocycles. The molecule has 0 aromatic carbocycles. The number of carbonyl (C=O) groups excluding carboxylic acids is 1. The molecule has 0 saturated heterocycles. The summed E-state index contributed by atoms with van der Waals surface area (Å²) in [6.07, 6.45) is 0.989. The number of carbonyl (C=O) groups is 1. The lowest BCUT2D eigenvalue weighted by Gasteiger charge is -2.49. The Balaban J connectivity index is 4.79. The normalized spacial score (nSPS) is 13.8. The average molecular weight is 270 g/mol. The fraction of sp³-hybridized carbons (Fsp3) is 0.938. The Morgan fingerprint density at radius 2 is 1.37 bits per heavy atom. The van der Waals surface area contributed by atoms with E-state index < -0.39 is 5.41 Å². The quantitative estimate of drug-likeness (QED) is 0.778. The molecule has 0 aromatic rings. The van der Waals surface area contributed by atoms with E-state index in [1.54, 1.807) is 0 Å². The Labute approximate surface area is 120 Å². The van der Waals surface area contributed by atoms with Crippen molar-refractivity contribution in [1.82, 2.24) is 10.2 Å². The van der Waals surface area contributed by atoms with Crippen LogP contribution >= 0.6 is 0 Å². The zero-order chi connectivity index (χ0) is 15.5. The van der Waals surface area contributed by atoms with Crippen LogP contribution < -0.4 is 5.32 Å². The van der Waals surface area contributed by atoms with Gasteiger partial charge in [-0.25, -0.2) is 0 Å². The Kier molecular flexibility index (Phi) is 6.07. The number of nitrogens with zero attached hydrogens (tertiary/aromatic N) is 1. The Bertz CT molecular complexity index is 281. The highest BCUT2D eigenvalue weighted by Crippen LogP contribution is 2.51. The second-order valence-electron chi connectivity index (χ2n) is 8.04. The standard InChI is InChI=1S/C16H34N2O/c1-14(2,3)16(7,15(4,5)6)13(19)17-11-10-12-18(8)9/h10-12H2,1-9H3,(H,17,19).